The minimum Gasteiger partial charge on any atom is -0.381 e. The topological polar surface area (TPSA) is 41.6 Å². The minimum absolute atomic E-state index is 0.0365. The molecule has 1 N–H and O–H groups in total. The van der Waals surface area contributed by atoms with Gasteiger partial charge in [0.1, 0.15) is 0 Å². The van der Waals surface area contributed by atoms with Crippen LogP contribution in [0.2, 0.25) is 0 Å². The lowest BCUT2D eigenvalue weighted by atomic mass is 10.1. The first-order valence-electron chi connectivity index (χ1n) is 6.93. The van der Waals surface area contributed by atoms with E-state index >= 15 is 0 Å². The second-order valence-corrected chi connectivity index (χ2v) is 5.02. The zero-order chi connectivity index (χ0) is 12.3. The van der Waals surface area contributed by atoms with Gasteiger partial charge in [0.05, 0.1) is 12.2 Å². The van der Waals surface area contributed by atoms with E-state index in [-0.39, 0.29) is 12.2 Å². The molecule has 2 rings (SSSR count). The molecule has 98 valence electrons. The van der Waals surface area contributed by atoms with Crippen LogP contribution < -0.4 is 5.32 Å². The lowest BCUT2D eigenvalue weighted by molar-refractivity contribution is -0.134. The zero-order valence-corrected chi connectivity index (χ0v) is 10.9. The van der Waals surface area contributed by atoms with E-state index in [1.54, 1.807) is 0 Å². The van der Waals surface area contributed by atoms with Crippen molar-refractivity contribution in [3.63, 3.8) is 0 Å². The summed E-state index contributed by atoms with van der Waals surface area (Å²) in [7, 11) is 0. The van der Waals surface area contributed by atoms with Crippen molar-refractivity contribution < 1.29 is 9.53 Å². The van der Waals surface area contributed by atoms with E-state index in [0.717, 1.165) is 45.3 Å². The van der Waals surface area contributed by atoms with Crippen LogP contribution in [-0.4, -0.2) is 42.3 Å². The number of hydrogen-bond acceptors (Lipinski definition) is 3. The van der Waals surface area contributed by atoms with Gasteiger partial charge in [-0.05, 0) is 25.7 Å². The Balaban J connectivity index is 2.06. The number of ether oxygens (including phenoxy) is 1. The van der Waals surface area contributed by atoms with Crippen LogP contribution in [0.25, 0.3) is 0 Å². The number of hydrogen-bond donors (Lipinski definition) is 1. The molecule has 2 aliphatic heterocycles. The Hall–Kier alpha value is -0.610. The molecular weight excluding hydrogens is 216 g/mol. The normalized spacial score (nSPS) is 31.2. The molecule has 17 heavy (non-hydrogen) atoms. The fourth-order valence-corrected chi connectivity index (χ4v) is 2.90. The minimum atomic E-state index is 0.0365. The fourth-order valence-electron chi connectivity index (χ4n) is 2.90. The quantitative estimate of drug-likeness (QED) is 0.809. The maximum Gasteiger partial charge on any atom is 0.241 e. The Morgan fingerprint density at radius 1 is 1.35 bits per heavy atom. The number of carbonyl (C=O) groups is 1. The molecule has 2 aliphatic rings. The summed E-state index contributed by atoms with van der Waals surface area (Å²) in [5.41, 5.74) is 0. The van der Waals surface area contributed by atoms with Gasteiger partial charge in [-0.3, -0.25) is 10.1 Å². The molecule has 2 saturated heterocycles. The van der Waals surface area contributed by atoms with Crippen LogP contribution in [0.1, 0.15) is 46.0 Å². The van der Waals surface area contributed by atoms with Crippen LogP contribution in [0.15, 0.2) is 0 Å². The van der Waals surface area contributed by atoms with Crippen molar-refractivity contribution in [2.45, 2.75) is 64.2 Å². The highest BCUT2D eigenvalue weighted by atomic mass is 16.5. The summed E-state index contributed by atoms with van der Waals surface area (Å²) >= 11 is 0. The van der Waals surface area contributed by atoms with Gasteiger partial charge in [-0.2, -0.15) is 0 Å². The van der Waals surface area contributed by atoms with E-state index in [1.807, 2.05) is 0 Å². The highest BCUT2D eigenvalue weighted by Gasteiger charge is 2.41. The summed E-state index contributed by atoms with van der Waals surface area (Å²) in [5, 5.41) is 3.47. The first kappa shape index (κ1) is 12.8. The predicted octanol–water partition coefficient (Wildman–Crippen LogP) is 1.50. The monoisotopic (exact) mass is 240 g/mol. The van der Waals surface area contributed by atoms with Gasteiger partial charge in [0.15, 0.2) is 0 Å². The summed E-state index contributed by atoms with van der Waals surface area (Å²) in [5.74, 6) is 0.304. The number of carbonyl (C=O) groups excluding carboxylic acids is 1. The smallest absolute Gasteiger partial charge is 0.241 e. The number of nitrogens with zero attached hydrogens (tertiary/aromatic N) is 1. The van der Waals surface area contributed by atoms with Crippen molar-refractivity contribution in [1.29, 1.82) is 0 Å². The standard InChI is InChI=1S/C13H24N2O2/c1-3-5-12-14-11(4-2)13(16)15(12)10-6-8-17-9-7-10/h10-12,14H,3-9H2,1-2H3. The molecule has 0 radical (unpaired) electrons. The zero-order valence-electron chi connectivity index (χ0n) is 10.9. The van der Waals surface area contributed by atoms with Crippen molar-refractivity contribution in [3.05, 3.63) is 0 Å². The van der Waals surface area contributed by atoms with Crippen molar-refractivity contribution in [3.8, 4) is 0 Å². The fraction of sp³-hybridized carbons (Fsp3) is 0.923. The van der Waals surface area contributed by atoms with Crippen molar-refractivity contribution in [2.75, 3.05) is 13.2 Å². The molecule has 2 unspecified atom stereocenters. The van der Waals surface area contributed by atoms with E-state index in [0.29, 0.717) is 11.9 Å². The second kappa shape index (κ2) is 5.83. The van der Waals surface area contributed by atoms with Crippen LogP contribution in [0.3, 0.4) is 0 Å². The molecule has 4 nitrogen and oxygen atoms in total. The summed E-state index contributed by atoms with van der Waals surface area (Å²) in [6.07, 6.45) is 5.29. The third-order valence-electron chi connectivity index (χ3n) is 3.84. The van der Waals surface area contributed by atoms with E-state index in [1.165, 1.54) is 0 Å². The molecule has 2 fully saturated rings. The number of rotatable bonds is 4. The van der Waals surface area contributed by atoms with Crippen LogP contribution in [0, 0.1) is 0 Å². The van der Waals surface area contributed by atoms with Gasteiger partial charge in [-0.1, -0.05) is 20.3 Å². The Morgan fingerprint density at radius 3 is 2.65 bits per heavy atom. The SMILES string of the molecule is CCCC1NC(CC)C(=O)N1C1CCOCC1. The molecule has 0 aromatic carbocycles. The predicted molar refractivity (Wildman–Crippen MR) is 66.6 cm³/mol. The Kier molecular flexibility index (Phi) is 4.40. The Bertz CT molecular complexity index is 264. The Morgan fingerprint density at radius 2 is 2.06 bits per heavy atom. The van der Waals surface area contributed by atoms with Crippen molar-refractivity contribution in [2.24, 2.45) is 0 Å². The second-order valence-electron chi connectivity index (χ2n) is 5.02. The van der Waals surface area contributed by atoms with Crippen LogP contribution in [0.5, 0.6) is 0 Å². The molecule has 1 amide bonds. The summed E-state index contributed by atoms with van der Waals surface area (Å²) in [4.78, 5) is 14.5. The highest BCUT2D eigenvalue weighted by molar-refractivity contribution is 5.84. The maximum absolute atomic E-state index is 12.3. The van der Waals surface area contributed by atoms with Gasteiger partial charge in [0.25, 0.3) is 0 Å². The molecule has 0 aromatic rings. The number of amides is 1. The molecular formula is C13H24N2O2. The summed E-state index contributed by atoms with van der Waals surface area (Å²) in [6, 6.07) is 0.422. The molecule has 0 spiro atoms. The van der Waals surface area contributed by atoms with E-state index in [2.05, 4.69) is 24.1 Å². The lowest BCUT2D eigenvalue weighted by Gasteiger charge is -2.35. The summed E-state index contributed by atoms with van der Waals surface area (Å²) < 4.78 is 5.38. The maximum atomic E-state index is 12.3. The van der Waals surface area contributed by atoms with Gasteiger partial charge >= 0.3 is 0 Å². The van der Waals surface area contributed by atoms with E-state index in [4.69, 9.17) is 4.74 Å². The lowest BCUT2D eigenvalue weighted by Crippen LogP contribution is -2.47. The van der Waals surface area contributed by atoms with Gasteiger partial charge in [0.2, 0.25) is 5.91 Å². The molecule has 2 heterocycles. The first-order chi connectivity index (χ1) is 8.27. The first-order valence-corrected chi connectivity index (χ1v) is 6.93. The molecule has 0 aliphatic carbocycles. The van der Waals surface area contributed by atoms with Crippen LogP contribution in [-0.2, 0) is 9.53 Å². The third kappa shape index (κ3) is 2.63. The van der Waals surface area contributed by atoms with Gasteiger partial charge in [-0.25, -0.2) is 0 Å². The molecule has 4 heteroatoms. The average Bonchev–Trinajstić information content (AvgIpc) is 2.67. The van der Waals surface area contributed by atoms with Gasteiger partial charge < -0.3 is 9.64 Å². The molecule has 0 aromatic heterocycles. The summed E-state index contributed by atoms with van der Waals surface area (Å²) in [6.45, 7) is 5.84. The van der Waals surface area contributed by atoms with E-state index in [9.17, 15) is 4.79 Å². The number of nitrogens with one attached hydrogen (secondary N) is 1. The third-order valence-corrected chi connectivity index (χ3v) is 3.84. The van der Waals surface area contributed by atoms with Crippen LogP contribution >= 0.6 is 0 Å². The van der Waals surface area contributed by atoms with E-state index < -0.39 is 0 Å². The largest absolute Gasteiger partial charge is 0.381 e. The molecule has 2 atom stereocenters. The van der Waals surface area contributed by atoms with Gasteiger partial charge in [0, 0.05) is 19.3 Å². The highest BCUT2D eigenvalue weighted by Crippen LogP contribution is 2.24. The molecule has 0 bridgehead atoms. The Labute approximate surface area is 104 Å². The van der Waals surface area contributed by atoms with Gasteiger partial charge in [-0.15, -0.1) is 0 Å². The average molecular weight is 240 g/mol. The van der Waals surface area contributed by atoms with Crippen LogP contribution in [0.4, 0.5) is 0 Å². The van der Waals surface area contributed by atoms with Crippen molar-refractivity contribution >= 4 is 5.91 Å². The molecule has 0 saturated carbocycles. The van der Waals surface area contributed by atoms with Crippen molar-refractivity contribution in [1.82, 2.24) is 10.2 Å².